The minimum Gasteiger partial charge on any atom is -0.460 e. The van der Waals surface area contributed by atoms with Crippen LogP contribution in [0.5, 0.6) is 0 Å². The minimum atomic E-state index is -0.421. The van der Waals surface area contributed by atoms with E-state index in [1.165, 1.54) is 6.07 Å². The lowest BCUT2D eigenvalue weighted by Crippen LogP contribution is -2.10. The summed E-state index contributed by atoms with van der Waals surface area (Å²) in [7, 11) is 0. The molecule has 2 nitrogen and oxygen atoms in total. The maximum absolute atomic E-state index is 13.0. The first kappa shape index (κ1) is 15.0. The van der Waals surface area contributed by atoms with E-state index in [1.54, 1.807) is 12.1 Å². The average Bonchev–Trinajstić information content (AvgIpc) is 2.79. The number of hydrogen-bond acceptors (Lipinski definition) is 2. The second-order valence-electron chi connectivity index (χ2n) is 3.68. The van der Waals surface area contributed by atoms with Crippen molar-refractivity contribution in [1.29, 1.82) is 0 Å². The highest BCUT2D eigenvalue weighted by molar-refractivity contribution is 6.31. The Kier molecular flexibility index (Phi) is 5.66. The molecule has 1 N–H and O–H groups in total. The van der Waals surface area contributed by atoms with Crippen LogP contribution >= 0.6 is 24.0 Å². The molecule has 0 radical (unpaired) electrons. The summed E-state index contributed by atoms with van der Waals surface area (Å²) in [6.45, 7) is 3.60. The van der Waals surface area contributed by atoms with E-state index >= 15 is 0 Å². The van der Waals surface area contributed by atoms with Gasteiger partial charge in [0.1, 0.15) is 17.3 Å². The van der Waals surface area contributed by atoms with E-state index in [0.717, 1.165) is 17.9 Å². The molecule has 1 aromatic heterocycles. The van der Waals surface area contributed by atoms with Crippen molar-refractivity contribution in [2.75, 3.05) is 6.54 Å². The number of halogens is 3. The fraction of sp³-hybridized carbons (Fsp3) is 0.231. The predicted octanol–water partition coefficient (Wildman–Crippen LogP) is 4.27. The third-order valence-electron chi connectivity index (χ3n) is 2.42. The summed E-state index contributed by atoms with van der Waals surface area (Å²) in [6.07, 6.45) is 0. The van der Waals surface area contributed by atoms with Crippen molar-refractivity contribution in [3.63, 3.8) is 0 Å². The van der Waals surface area contributed by atoms with Crippen LogP contribution < -0.4 is 5.32 Å². The van der Waals surface area contributed by atoms with Gasteiger partial charge in [0.25, 0.3) is 0 Å². The fourth-order valence-corrected chi connectivity index (χ4v) is 1.71. The number of nitrogens with one attached hydrogen (secondary N) is 1. The van der Waals surface area contributed by atoms with Crippen LogP contribution in [-0.2, 0) is 6.54 Å². The van der Waals surface area contributed by atoms with Crippen LogP contribution in [0.15, 0.2) is 34.7 Å². The molecule has 2 aromatic rings. The van der Waals surface area contributed by atoms with E-state index in [0.29, 0.717) is 12.3 Å². The van der Waals surface area contributed by atoms with E-state index in [-0.39, 0.29) is 17.4 Å². The highest BCUT2D eigenvalue weighted by atomic mass is 35.5. The molecular formula is C13H14Cl2FNO. The number of furan rings is 1. The van der Waals surface area contributed by atoms with Gasteiger partial charge in [-0.15, -0.1) is 12.4 Å². The van der Waals surface area contributed by atoms with Crippen LogP contribution in [0.25, 0.3) is 11.3 Å². The first-order valence-corrected chi connectivity index (χ1v) is 5.83. The summed E-state index contributed by atoms with van der Waals surface area (Å²) in [5.41, 5.74) is 0.777. The zero-order chi connectivity index (χ0) is 12.3. The third-order valence-corrected chi connectivity index (χ3v) is 2.70. The molecule has 0 atom stereocenters. The molecule has 0 unspecified atom stereocenters. The number of benzene rings is 1. The Labute approximate surface area is 117 Å². The molecule has 0 aliphatic carbocycles. The molecule has 0 bridgehead atoms. The summed E-state index contributed by atoms with van der Waals surface area (Å²) >= 11 is 5.73. The van der Waals surface area contributed by atoms with Crippen LogP contribution in [-0.4, -0.2) is 6.54 Å². The highest BCUT2D eigenvalue weighted by Crippen LogP contribution is 2.26. The Hall–Kier alpha value is -1.03. The lowest BCUT2D eigenvalue weighted by atomic mass is 10.2. The van der Waals surface area contributed by atoms with Gasteiger partial charge in [0, 0.05) is 5.56 Å². The Balaban J connectivity index is 0.00000162. The summed E-state index contributed by atoms with van der Waals surface area (Å²) in [4.78, 5) is 0. The molecule has 0 fully saturated rings. The van der Waals surface area contributed by atoms with Crippen molar-refractivity contribution in [3.05, 3.63) is 46.9 Å². The normalized spacial score (nSPS) is 10.2. The second kappa shape index (κ2) is 6.78. The summed E-state index contributed by atoms with van der Waals surface area (Å²) < 4.78 is 18.6. The van der Waals surface area contributed by atoms with Crippen molar-refractivity contribution in [2.45, 2.75) is 13.5 Å². The van der Waals surface area contributed by atoms with E-state index in [2.05, 4.69) is 5.32 Å². The smallest absolute Gasteiger partial charge is 0.141 e. The minimum absolute atomic E-state index is 0. The quantitative estimate of drug-likeness (QED) is 0.909. The largest absolute Gasteiger partial charge is 0.460 e. The molecule has 1 aromatic carbocycles. The zero-order valence-corrected chi connectivity index (χ0v) is 11.4. The van der Waals surface area contributed by atoms with E-state index in [4.69, 9.17) is 16.0 Å². The highest BCUT2D eigenvalue weighted by Gasteiger charge is 2.07. The van der Waals surface area contributed by atoms with Crippen molar-refractivity contribution >= 4 is 24.0 Å². The van der Waals surface area contributed by atoms with Gasteiger partial charge in [0.15, 0.2) is 0 Å². The van der Waals surface area contributed by atoms with Crippen LogP contribution in [0.2, 0.25) is 5.02 Å². The first-order chi connectivity index (χ1) is 8.20. The van der Waals surface area contributed by atoms with Gasteiger partial charge in [-0.1, -0.05) is 18.5 Å². The van der Waals surface area contributed by atoms with Gasteiger partial charge in [0.05, 0.1) is 11.6 Å². The Morgan fingerprint density at radius 2 is 2.06 bits per heavy atom. The molecular weight excluding hydrogens is 276 g/mol. The lowest BCUT2D eigenvalue weighted by molar-refractivity contribution is 0.498. The second-order valence-corrected chi connectivity index (χ2v) is 4.08. The molecule has 0 spiro atoms. The third kappa shape index (κ3) is 3.48. The van der Waals surface area contributed by atoms with Crippen LogP contribution in [0.4, 0.5) is 4.39 Å². The van der Waals surface area contributed by atoms with Gasteiger partial charge in [-0.2, -0.15) is 0 Å². The molecule has 0 aliphatic heterocycles. The molecule has 5 heteroatoms. The molecule has 1 heterocycles. The Morgan fingerprint density at radius 1 is 1.28 bits per heavy atom. The maximum atomic E-state index is 13.0. The monoisotopic (exact) mass is 289 g/mol. The number of hydrogen-bond donors (Lipinski definition) is 1. The standard InChI is InChI=1S/C13H13ClFNO.ClH/c1-2-16-8-10-4-6-13(17-10)9-3-5-12(15)11(14)7-9;/h3-7,16H,2,8H2,1H3;1H. The van der Waals surface area contributed by atoms with Crippen molar-refractivity contribution in [2.24, 2.45) is 0 Å². The Morgan fingerprint density at radius 3 is 2.72 bits per heavy atom. The molecule has 18 heavy (non-hydrogen) atoms. The summed E-state index contributed by atoms with van der Waals surface area (Å²) in [5.74, 6) is 1.12. The lowest BCUT2D eigenvalue weighted by Gasteiger charge is -2.00. The van der Waals surface area contributed by atoms with E-state index in [1.807, 2.05) is 19.1 Å². The topological polar surface area (TPSA) is 25.2 Å². The van der Waals surface area contributed by atoms with Gasteiger partial charge in [0.2, 0.25) is 0 Å². The van der Waals surface area contributed by atoms with Gasteiger partial charge in [-0.05, 0) is 36.9 Å². The molecule has 2 rings (SSSR count). The van der Waals surface area contributed by atoms with Gasteiger partial charge < -0.3 is 9.73 Å². The number of rotatable bonds is 4. The van der Waals surface area contributed by atoms with Gasteiger partial charge in [-0.25, -0.2) is 4.39 Å². The van der Waals surface area contributed by atoms with Crippen LogP contribution in [0.1, 0.15) is 12.7 Å². The SMILES string of the molecule is CCNCc1ccc(-c2ccc(F)c(Cl)c2)o1.Cl. The van der Waals surface area contributed by atoms with E-state index in [9.17, 15) is 4.39 Å². The van der Waals surface area contributed by atoms with Crippen molar-refractivity contribution in [3.8, 4) is 11.3 Å². The molecule has 98 valence electrons. The van der Waals surface area contributed by atoms with E-state index < -0.39 is 5.82 Å². The molecule has 0 saturated carbocycles. The average molecular weight is 290 g/mol. The predicted molar refractivity (Wildman–Crippen MR) is 73.7 cm³/mol. The zero-order valence-electron chi connectivity index (χ0n) is 9.87. The molecule has 0 aliphatic rings. The van der Waals surface area contributed by atoms with Crippen molar-refractivity contribution < 1.29 is 8.81 Å². The summed E-state index contributed by atoms with van der Waals surface area (Å²) in [5, 5.41) is 3.27. The fourth-order valence-electron chi connectivity index (χ4n) is 1.53. The first-order valence-electron chi connectivity index (χ1n) is 5.45. The van der Waals surface area contributed by atoms with Crippen molar-refractivity contribution in [1.82, 2.24) is 5.32 Å². The molecule has 0 amide bonds. The Bertz CT molecular complexity index is 513. The molecule has 0 saturated heterocycles. The van der Waals surface area contributed by atoms with Crippen LogP contribution in [0.3, 0.4) is 0 Å². The van der Waals surface area contributed by atoms with Gasteiger partial charge >= 0.3 is 0 Å². The van der Waals surface area contributed by atoms with Gasteiger partial charge in [-0.3, -0.25) is 0 Å². The maximum Gasteiger partial charge on any atom is 0.141 e. The van der Waals surface area contributed by atoms with Crippen LogP contribution in [0, 0.1) is 5.82 Å². The summed E-state index contributed by atoms with van der Waals surface area (Å²) in [6, 6.07) is 8.31.